The molecular formula is C16H20ClN5O3. The first kappa shape index (κ1) is 17.8. The third-order valence-corrected chi connectivity index (χ3v) is 4.19. The maximum Gasteiger partial charge on any atom is 0.227 e. The maximum atomic E-state index is 12.5. The van der Waals surface area contributed by atoms with Crippen LogP contribution in [0, 0.1) is 0 Å². The second kappa shape index (κ2) is 8.37. The molecule has 1 aliphatic rings. The third-order valence-electron chi connectivity index (χ3n) is 3.94. The van der Waals surface area contributed by atoms with Gasteiger partial charge in [-0.25, -0.2) is 0 Å². The van der Waals surface area contributed by atoms with Crippen LogP contribution in [-0.4, -0.2) is 64.4 Å². The van der Waals surface area contributed by atoms with E-state index in [2.05, 4.69) is 15.4 Å². The van der Waals surface area contributed by atoms with Crippen molar-refractivity contribution in [3.63, 3.8) is 0 Å². The Hall–Kier alpha value is -2.03. The van der Waals surface area contributed by atoms with Gasteiger partial charge in [-0.3, -0.25) is 4.79 Å². The Morgan fingerprint density at radius 2 is 2.20 bits per heavy atom. The molecule has 0 radical (unpaired) electrons. The second-order valence-electron chi connectivity index (χ2n) is 5.74. The molecule has 134 valence electrons. The van der Waals surface area contributed by atoms with Gasteiger partial charge >= 0.3 is 0 Å². The van der Waals surface area contributed by atoms with Crippen LogP contribution in [0.15, 0.2) is 24.3 Å². The number of hydrogen-bond acceptors (Lipinski definition) is 6. The van der Waals surface area contributed by atoms with E-state index in [4.69, 9.17) is 21.1 Å². The van der Waals surface area contributed by atoms with Crippen LogP contribution >= 0.6 is 11.6 Å². The minimum absolute atomic E-state index is 0.0439. The van der Waals surface area contributed by atoms with Gasteiger partial charge in [-0.15, -0.1) is 10.2 Å². The standard InChI is InChI=1S/C16H20ClN5O3/c1-24-8-7-22-19-16(18-20-22)14-11-21(6-9-25-14)15(23)10-12-2-4-13(17)5-3-12/h2-5,14H,6-11H2,1H3. The van der Waals surface area contributed by atoms with Crippen molar-refractivity contribution in [2.45, 2.75) is 19.1 Å². The number of rotatable bonds is 6. The molecule has 9 heteroatoms. The maximum absolute atomic E-state index is 12.5. The van der Waals surface area contributed by atoms with Crippen molar-refractivity contribution in [2.24, 2.45) is 0 Å². The topological polar surface area (TPSA) is 82.4 Å². The van der Waals surface area contributed by atoms with Gasteiger partial charge in [-0.1, -0.05) is 23.7 Å². The lowest BCUT2D eigenvalue weighted by molar-refractivity contribution is -0.138. The van der Waals surface area contributed by atoms with Crippen molar-refractivity contribution in [2.75, 3.05) is 33.4 Å². The molecule has 1 amide bonds. The van der Waals surface area contributed by atoms with Gasteiger partial charge in [0.25, 0.3) is 0 Å². The second-order valence-corrected chi connectivity index (χ2v) is 6.18. The summed E-state index contributed by atoms with van der Waals surface area (Å²) in [5.74, 6) is 0.530. The van der Waals surface area contributed by atoms with E-state index in [9.17, 15) is 4.79 Å². The Kier molecular flexibility index (Phi) is 5.95. The lowest BCUT2D eigenvalue weighted by Crippen LogP contribution is -2.43. The Morgan fingerprint density at radius 1 is 1.40 bits per heavy atom. The zero-order valence-electron chi connectivity index (χ0n) is 14.0. The highest BCUT2D eigenvalue weighted by Gasteiger charge is 2.28. The fourth-order valence-electron chi connectivity index (χ4n) is 2.57. The molecule has 0 bridgehead atoms. The first-order valence-corrected chi connectivity index (χ1v) is 8.44. The summed E-state index contributed by atoms with van der Waals surface area (Å²) in [5.41, 5.74) is 0.932. The molecule has 1 aromatic carbocycles. The molecule has 1 aromatic heterocycles. The fourth-order valence-corrected chi connectivity index (χ4v) is 2.70. The largest absolute Gasteiger partial charge is 0.383 e. The molecule has 1 unspecified atom stereocenters. The van der Waals surface area contributed by atoms with E-state index >= 15 is 0 Å². The van der Waals surface area contributed by atoms with Crippen molar-refractivity contribution < 1.29 is 14.3 Å². The number of amides is 1. The van der Waals surface area contributed by atoms with Gasteiger partial charge in [-0.2, -0.15) is 4.80 Å². The van der Waals surface area contributed by atoms with Crippen LogP contribution in [0.4, 0.5) is 0 Å². The number of carbonyl (C=O) groups is 1. The van der Waals surface area contributed by atoms with Gasteiger partial charge < -0.3 is 14.4 Å². The van der Waals surface area contributed by atoms with Crippen LogP contribution < -0.4 is 0 Å². The number of methoxy groups -OCH3 is 1. The average molecular weight is 366 g/mol. The lowest BCUT2D eigenvalue weighted by atomic mass is 10.1. The number of carbonyl (C=O) groups excluding carboxylic acids is 1. The summed E-state index contributed by atoms with van der Waals surface area (Å²) in [6, 6.07) is 7.30. The highest BCUT2D eigenvalue weighted by atomic mass is 35.5. The molecule has 8 nitrogen and oxygen atoms in total. The van der Waals surface area contributed by atoms with Crippen LogP contribution in [0.2, 0.25) is 5.02 Å². The van der Waals surface area contributed by atoms with Crippen molar-refractivity contribution in [3.8, 4) is 0 Å². The first-order chi connectivity index (χ1) is 12.2. The SMILES string of the molecule is COCCn1nnc(C2CN(C(=O)Cc3ccc(Cl)cc3)CCO2)n1. The number of halogens is 1. The summed E-state index contributed by atoms with van der Waals surface area (Å²) >= 11 is 5.88. The number of morpholine rings is 1. The van der Waals surface area contributed by atoms with Gasteiger partial charge in [0.2, 0.25) is 11.7 Å². The molecule has 1 fully saturated rings. The molecule has 0 spiro atoms. The summed E-state index contributed by atoms with van der Waals surface area (Å²) in [7, 11) is 1.62. The molecule has 0 saturated carbocycles. The highest BCUT2D eigenvalue weighted by molar-refractivity contribution is 6.30. The first-order valence-electron chi connectivity index (χ1n) is 8.06. The third kappa shape index (κ3) is 4.75. The molecule has 2 aromatic rings. The van der Waals surface area contributed by atoms with Crippen molar-refractivity contribution in [3.05, 3.63) is 40.7 Å². The number of benzene rings is 1. The molecule has 1 saturated heterocycles. The van der Waals surface area contributed by atoms with Crippen molar-refractivity contribution in [1.29, 1.82) is 0 Å². The Balaban J connectivity index is 1.59. The van der Waals surface area contributed by atoms with E-state index in [1.807, 2.05) is 12.1 Å². The summed E-state index contributed by atoms with van der Waals surface area (Å²) in [4.78, 5) is 15.8. The van der Waals surface area contributed by atoms with Gasteiger partial charge in [0, 0.05) is 18.7 Å². The van der Waals surface area contributed by atoms with Crippen LogP contribution in [0.25, 0.3) is 0 Å². The zero-order chi connectivity index (χ0) is 17.6. The molecule has 0 aliphatic carbocycles. The van der Waals surface area contributed by atoms with Gasteiger partial charge in [0.15, 0.2) is 0 Å². The monoisotopic (exact) mass is 365 g/mol. The zero-order valence-corrected chi connectivity index (χ0v) is 14.7. The highest BCUT2D eigenvalue weighted by Crippen LogP contribution is 2.19. The molecular weight excluding hydrogens is 346 g/mol. The summed E-state index contributed by atoms with van der Waals surface area (Å²) in [6.07, 6.45) is -0.0306. The molecule has 0 N–H and O–H groups in total. The van der Waals surface area contributed by atoms with Crippen LogP contribution in [0.1, 0.15) is 17.5 Å². The predicted octanol–water partition coefficient (Wildman–Crippen LogP) is 1.12. The Morgan fingerprint density at radius 3 is 2.96 bits per heavy atom. The molecule has 25 heavy (non-hydrogen) atoms. The van der Waals surface area contributed by atoms with E-state index in [1.54, 1.807) is 24.1 Å². The molecule has 3 rings (SSSR count). The Labute approximate surface area is 150 Å². The number of hydrogen-bond donors (Lipinski definition) is 0. The number of ether oxygens (including phenoxy) is 2. The lowest BCUT2D eigenvalue weighted by Gasteiger charge is -2.31. The van der Waals surface area contributed by atoms with Crippen molar-refractivity contribution in [1.82, 2.24) is 25.1 Å². The van der Waals surface area contributed by atoms with Gasteiger partial charge in [0.05, 0.1) is 32.7 Å². The van der Waals surface area contributed by atoms with E-state index in [-0.39, 0.29) is 12.0 Å². The quantitative estimate of drug-likeness (QED) is 0.762. The van der Waals surface area contributed by atoms with E-state index < -0.39 is 0 Å². The van der Waals surface area contributed by atoms with Gasteiger partial charge in [-0.05, 0) is 22.9 Å². The van der Waals surface area contributed by atoms with E-state index in [1.165, 1.54) is 4.80 Å². The Bertz CT molecular complexity index is 706. The smallest absolute Gasteiger partial charge is 0.227 e. The normalized spacial score (nSPS) is 17.7. The fraction of sp³-hybridized carbons (Fsp3) is 0.500. The summed E-state index contributed by atoms with van der Waals surface area (Å²) in [5, 5.41) is 13.0. The minimum Gasteiger partial charge on any atom is -0.383 e. The average Bonchev–Trinajstić information content (AvgIpc) is 3.11. The summed E-state index contributed by atoms with van der Waals surface area (Å²) in [6.45, 7) is 2.45. The number of nitrogens with zero attached hydrogens (tertiary/aromatic N) is 5. The minimum atomic E-state index is -0.362. The predicted molar refractivity (Wildman–Crippen MR) is 90.1 cm³/mol. The number of tetrazole rings is 1. The van der Waals surface area contributed by atoms with Gasteiger partial charge in [0.1, 0.15) is 6.10 Å². The number of aromatic nitrogens is 4. The van der Waals surface area contributed by atoms with Crippen LogP contribution in [-0.2, 0) is 27.2 Å². The molecule has 1 atom stereocenters. The summed E-state index contributed by atoms with van der Waals surface area (Å²) < 4.78 is 10.7. The van der Waals surface area contributed by atoms with Crippen LogP contribution in [0.3, 0.4) is 0 Å². The molecule has 2 heterocycles. The molecule has 1 aliphatic heterocycles. The van der Waals surface area contributed by atoms with E-state index in [0.717, 1.165) is 5.56 Å². The van der Waals surface area contributed by atoms with E-state index in [0.29, 0.717) is 50.1 Å². The van der Waals surface area contributed by atoms with Crippen LogP contribution in [0.5, 0.6) is 0 Å². The van der Waals surface area contributed by atoms with Crippen molar-refractivity contribution >= 4 is 17.5 Å².